The molecule has 1 atom stereocenters. The molecule has 164 valence electrons. The van der Waals surface area contributed by atoms with Gasteiger partial charge in [0.1, 0.15) is 24.0 Å². The number of carbonyl (C=O) groups excluding carboxylic acids is 1. The molecule has 0 aliphatic rings. The molecule has 2 heterocycles. The lowest BCUT2D eigenvalue weighted by molar-refractivity contribution is -0.139. The van der Waals surface area contributed by atoms with E-state index in [2.05, 4.69) is 10.3 Å². The Morgan fingerprint density at radius 2 is 1.72 bits per heavy atom. The van der Waals surface area contributed by atoms with Gasteiger partial charge in [0.15, 0.2) is 0 Å². The summed E-state index contributed by atoms with van der Waals surface area (Å²) in [6.45, 7) is -0.559. The fourth-order valence-electron chi connectivity index (χ4n) is 3.60. The minimum absolute atomic E-state index is 0.558. The molecule has 1 N–H and O–H groups in total. The number of fused-ring (bicyclic) bond motifs is 1. The summed E-state index contributed by atoms with van der Waals surface area (Å²) in [7, 11) is 1.82. The van der Waals surface area contributed by atoms with E-state index in [0.717, 1.165) is 33.4 Å². The number of pyridine rings is 1. The minimum atomic E-state index is -4.80. The maximum Gasteiger partial charge on any atom is 0.421 e. The van der Waals surface area contributed by atoms with Crippen molar-refractivity contribution in [3.63, 3.8) is 0 Å². The van der Waals surface area contributed by atoms with E-state index in [0.29, 0.717) is 11.9 Å². The van der Waals surface area contributed by atoms with Gasteiger partial charge in [-0.2, -0.15) is 13.2 Å². The highest BCUT2D eigenvalue weighted by atomic mass is 19.4. The lowest BCUT2D eigenvalue weighted by atomic mass is 10.1. The molecule has 2 aromatic carbocycles. The number of amides is 1. The molecule has 1 unspecified atom stereocenters. The van der Waals surface area contributed by atoms with Crippen molar-refractivity contribution >= 4 is 16.9 Å². The number of aryl methyl sites for hydroxylation is 1. The Balaban J connectivity index is 1.68. The van der Waals surface area contributed by atoms with Crippen LogP contribution in [-0.2, 0) is 24.6 Å². The van der Waals surface area contributed by atoms with Crippen LogP contribution < -0.4 is 10.9 Å². The van der Waals surface area contributed by atoms with Crippen LogP contribution in [0.15, 0.2) is 77.7 Å². The van der Waals surface area contributed by atoms with E-state index in [1.807, 2.05) is 66.2 Å². The van der Waals surface area contributed by atoms with Crippen molar-refractivity contribution in [3.8, 4) is 0 Å². The molecule has 0 bridgehead atoms. The lowest BCUT2D eigenvalue weighted by Gasteiger charge is -2.20. The first-order chi connectivity index (χ1) is 15.3. The average molecular weight is 440 g/mol. The van der Waals surface area contributed by atoms with Gasteiger partial charge in [-0.25, -0.2) is 4.98 Å². The maximum atomic E-state index is 13.0. The van der Waals surface area contributed by atoms with Crippen molar-refractivity contribution in [1.82, 2.24) is 19.4 Å². The van der Waals surface area contributed by atoms with E-state index in [1.165, 1.54) is 0 Å². The average Bonchev–Trinajstić information content (AvgIpc) is 3.10. The summed E-state index contributed by atoms with van der Waals surface area (Å²) >= 11 is 0. The summed E-state index contributed by atoms with van der Waals surface area (Å²) in [6, 6.07) is 17.7. The van der Waals surface area contributed by atoms with Crippen LogP contribution in [0.2, 0.25) is 0 Å². The van der Waals surface area contributed by atoms with E-state index in [9.17, 15) is 22.8 Å². The number of hydrogen-bond acceptors (Lipinski definition) is 3. The van der Waals surface area contributed by atoms with Crippen LogP contribution in [0.3, 0.4) is 0 Å². The van der Waals surface area contributed by atoms with Crippen LogP contribution in [0.25, 0.3) is 11.0 Å². The second kappa shape index (κ2) is 8.33. The monoisotopic (exact) mass is 440 g/mol. The van der Waals surface area contributed by atoms with Crippen LogP contribution in [0.4, 0.5) is 13.2 Å². The van der Waals surface area contributed by atoms with Gasteiger partial charge >= 0.3 is 6.18 Å². The first kappa shape index (κ1) is 21.4. The molecule has 6 nitrogen and oxygen atoms in total. The van der Waals surface area contributed by atoms with E-state index < -0.39 is 35.8 Å². The summed E-state index contributed by atoms with van der Waals surface area (Å²) in [5.41, 5.74) is -0.228. The van der Waals surface area contributed by atoms with E-state index in [-0.39, 0.29) is 0 Å². The normalized spacial score (nSPS) is 12.6. The van der Waals surface area contributed by atoms with Gasteiger partial charge in [-0.1, -0.05) is 42.5 Å². The molecule has 4 aromatic rings. The largest absolute Gasteiger partial charge is 0.421 e. The zero-order valence-electron chi connectivity index (χ0n) is 17.0. The Morgan fingerprint density at radius 1 is 1.03 bits per heavy atom. The topological polar surface area (TPSA) is 68.9 Å². The molecule has 1 amide bonds. The molecule has 2 aromatic heterocycles. The van der Waals surface area contributed by atoms with Crippen molar-refractivity contribution in [1.29, 1.82) is 0 Å². The maximum absolute atomic E-state index is 13.0. The number of hydrogen-bond donors (Lipinski definition) is 1. The molecule has 9 heteroatoms. The molecule has 0 aliphatic carbocycles. The molecule has 0 saturated carbocycles. The quantitative estimate of drug-likeness (QED) is 0.515. The molecule has 0 saturated heterocycles. The highest BCUT2D eigenvalue weighted by molar-refractivity contribution is 5.78. The predicted octanol–water partition coefficient (Wildman–Crippen LogP) is 3.66. The van der Waals surface area contributed by atoms with Crippen LogP contribution in [0.5, 0.6) is 0 Å². The SMILES string of the molecule is Cn1c(C(NC(=O)Cn2cccc(C(F)(F)F)c2=O)c2ccccc2)nc2ccccc21. The summed E-state index contributed by atoms with van der Waals surface area (Å²) in [6.07, 6.45) is -3.64. The third-order valence-corrected chi connectivity index (χ3v) is 5.16. The molecule has 0 fully saturated rings. The first-order valence-electron chi connectivity index (χ1n) is 9.78. The number of carbonyl (C=O) groups is 1. The molecule has 0 aliphatic heterocycles. The van der Waals surface area contributed by atoms with Gasteiger partial charge in [0.05, 0.1) is 11.0 Å². The van der Waals surface area contributed by atoms with Crippen molar-refractivity contribution in [2.24, 2.45) is 7.05 Å². The number of nitrogens with one attached hydrogen (secondary N) is 1. The number of para-hydroxylation sites is 2. The van der Waals surface area contributed by atoms with Gasteiger partial charge in [0.2, 0.25) is 5.91 Å². The fourth-order valence-corrected chi connectivity index (χ4v) is 3.60. The van der Waals surface area contributed by atoms with Crippen molar-refractivity contribution in [3.05, 3.63) is 100 Å². The lowest BCUT2D eigenvalue weighted by Crippen LogP contribution is -2.37. The Morgan fingerprint density at radius 3 is 2.41 bits per heavy atom. The second-order valence-corrected chi connectivity index (χ2v) is 7.28. The summed E-state index contributed by atoms with van der Waals surface area (Å²) in [5, 5.41) is 2.82. The van der Waals surface area contributed by atoms with Crippen LogP contribution in [0, 0.1) is 0 Å². The van der Waals surface area contributed by atoms with Crippen molar-refractivity contribution < 1.29 is 18.0 Å². The third kappa shape index (κ3) is 4.14. The van der Waals surface area contributed by atoms with E-state index in [4.69, 9.17) is 0 Å². The van der Waals surface area contributed by atoms with Crippen molar-refractivity contribution in [2.75, 3.05) is 0 Å². The minimum Gasteiger partial charge on any atom is -0.341 e. The number of alkyl halides is 3. The predicted molar refractivity (Wildman–Crippen MR) is 113 cm³/mol. The number of imidazole rings is 1. The zero-order valence-corrected chi connectivity index (χ0v) is 17.0. The van der Waals surface area contributed by atoms with Crippen molar-refractivity contribution in [2.45, 2.75) is 18.8 Å². The summed E-state index contributed by atoms with van der Waals surface area (Å²) < 4.78 is 41.7. The van der Waals surface area contributed by atoms with Gasteiger partial charge < -0.3 is 14.5 Å². The highest BCUT2D eigenvalue weighted by Gasteiger charge is 2.34. The smallest absolute Gasteiger partial charge is 0.341 e. The standard InChI is InChI=1S/C23H19F3N4O2/c1-29-18-12-6-5-11-17(18)27-21(29)20(15-8-3-2-4-9-15)28-19(31)14-30-13-7-10-16(22(30)32)23(24,25)26/h2-13,20H,14H2,1H3,(H,28,31). The number of rotatable bonds is 5. The van der Waals surface area contributed by atoms with Gasteiger partial charge in [0, 0.05) is 13.2 Å². The van der Waals surface area contributed by atoms with E-state index in [1.54, 1.807) is 0 Å². The number of aromatic nitrogens is 3. The van der Waals surface area contributed by atoms with Gasteiger partial charge in [-0.15, -0.1) is 0 Å². The Kier molecular flexibility index (Phi) is 5.56. The zero-order chi connectivity index (χ0) is 22.9. The Hall–Kier alpha value is -3.88. The fraction of sp³-hybridized carbons (Fsp3) is 0.174. The van der Waals surface area contributed by atoms with Gasteiger partial charge in [-0.05, 0) is 29.8 Å². The molecule has 4 rings (SSSR count). The molecular formula is C23H19F3N4O2. The molecule has 0 spiro atoms. The van der Waals surface area contributed by atoms with Gasteiger partial charge in [-0.3, -0.25) is 9.59 Å². The summed E-state index contributed by atoms with van der Waals surface area (Å²) in [5.74, 6) is -0.0607. The Labute approximate surface area is 180 Å². The molecular weight excluding hydrogens is 421 g/mol. The van der Waals surface area contributed by atoms with E-state index >= 15 is 0 Å². The second-order valence-electron chi connectivity index (χ2n) is 7.28. The summed E-state index contributed by atoms with van der Waals surface area (Å²) in [4.78, 5) is 29.7. The van der Waals surface area contributed by atoms with Crippen LogP contribution in [0.1, 0.15) is 23.0 Å². The van der Waals surface area contributed by atoms with Gasteiger partial charge in [0.25, 0.3) is 5.56 Å². The van der Waals surface area contributed by atoms with Crippen LogP contribution >= 0.6 is 0 Å². The third-order valence-electron chi connectivity index (χ3n) is 5.16. The number of benzene rings is 2. The molecule has 0 radical (unpaired) electrons. The number of nitrogens with zero attached hydrogens (tertiary/aromatic N) is 3. The first-order valence-corrected chi connectivity index (χ1v) is 9.78. The highest BCUT2D eigenvalue weighted by Crippen LogP contribution is 2.26. The Bertz CT molecular complexity index is 1330. The molecule has 32 heavy (non-hydrogen) atoms. The van der Waals surface area contributed by atoms with Crippen LogP contribution in [-0.4, -0.2) is 20.0 Å². The number of halogens is 3.